The summed E-state index contributed by atoms with van der Waals surface area (Å²) in [7, 11) is 1.57. The number of Topliss-reactive ketones (excluding diaryl/α,β-unsaturated/α-hetero) is 1. The van der Waals surface area contributed by atoms with Crippen LogP contribution in [0, 0.1) is 18.7 Å². The van der Waals surface area contributed by atoms with Crippen molar-refractivity contribution < 1.29 is 47.4 Å². The number of aromatic nitrogens is 5. The monoisotopic (exact) mass is 1160 g/mol. The predicted molar refractivity (Wildman–Crippen MR) is 310 cm³/mol. The molecule has 1 aromatic carbocycles. The van der Waals surface area contributed by atoms with Gasteiger partial charge in [0, 0.05) is 74.0 Å². The Morgan fingerprint density at radius 2 is 1.46 bits per heavy atom. The Balaban J connectivity index is 0.634. The summed E-state index contributed by atoms with van der Waals surface area (Å²) in [6.07, 6.45) is 14.1. The summed E-state index contributed by atoms with van der Waals surface area (Å²) in [6, 6.07) is 7.34. The number of halogens is 1. The summed E-state index contributed by atoms with van der Waals surface area (Å²) in [6.45, 7) is 9.41. The van der Waals surface area contributed by atoms with E-state index >= 15 is 0 Å². The summed E-state index contributed by atoms with van der Waals surface area (Å²) in [5.41, 5.74) is 3.43. The van der Waals surface area contributed by atoms with E-state index in [1.165, 1.54) is 47.4 Å². The molecule has 4 aliphatic rings. The van der Waals surface area contributed by atoms with E-state index in [0.717, 1.165) is 75.6 Å². The minimum absolute atomic E-state index is 0.00558. The average Bonchev–Trinajstić information content (AvgIpc) is 4.54. The van der Waals surface area contributed by atoms with Crippen molar-refractivity contribution in [1.29, 1.82) is 0 Å². The van der Waals surface area contributed by atoms with Crippen LogP contribution < -0.4 is 15.8 Å². The van der Waals surface area contributed by atoms with Gasteiger partial charge in [-0.05, 0) is 107 Å². The number of fused-ring (bicyclic) bond motifs is 1. The number of ether oxygens (including phenoxy) is 3. The summed E-state index contributed by atoms with van der Waals surface area (Å²) in [4.78, 5) is 120. The van der Waals surface area contributed by atoms with Crippen LogP contribution in [0.1, 0.15) is 158 Å². The third kappa shape index (κ3) is 14.9. The first-order valence-corrected chi connectivity index (χ1v) is 30.3. The number of carbonyl (C=O) groups excluding carboxylic acids is 6. The number of nitrogens with one attached hydrogen (secondary N) is 1. The fourth-order valence-corrected chi connectivity index (χ4v) is 12.9. The van der Waals surface area contributed by atoms with Gasteiger partial charge in [-0.25, -0.2) is 19.3 Å². The quantitative estimate of drug-likeness (QED) is 0.0459. The number of aryl methyl sites for hydroxylation is 1. The summed E-state index contributed by atoms with van der Waals surface area (Å²) in [5, 5.41) is 6.09. The van der Waals surface area contributed by atoms with Crippen LogP contribution in [-0.2, 0) is 39.8 Å². The lowest BCUT2D eigenvalue weighted by Crippen LogP contribution is -2.56. The van der Waals surface area contributed by atoms with E-state index < -0.39 is 23.8 Å². The molecule has 2 saturated heterocycles. The number of nitrogens with zero attached hydrogens (tertiary/aromatic N) is 9. The van der Waals surface area contributed by atoms with Crippen LogP contribution in [0.15, 0.2) is 59.0 Å². The number of ketones is 2. The van der Waals surface area contributed by atoms with E-state index in [1.54, 1.807) is 41.9 Å². The molecule has 2 aliphatic heterocycles. The number of anilines is 1. The summed E-state index contributed by atoms with van der Waals surface area (Å²) in [5.74, 6) is -1.36. The number of hydrogen-bond donors (Lipinski definition) is 1. The first kappa shape index (κ1) is 60.7. The molecule has 5 aromatic rings. The van der Waals surface area contributed by atoms with Crippen molar-refractivity contribution in [2.45, 2.75) is 135 Å². The summed E-state index contributed by atoms with van der Waals surface area (Å²) < 4.78 is 32.2. The van der Waals surface area contributed by atoms with Crippen molar-refractivity contribution in [3.8, 4) is 0 Å². The molecule has 1 N–H and O–H groups in total. The van der Waals surface area contributed by atoms with Gasteiger partial charge in [0.2, 0.25) is 29.4 Å². The maximum atomic E-state index is 14.5. The largest absolute Gasteiger partial charge is 0.379 e. The Hall–Kier alpha value is -6.88. The molecular formula is C61H77FN10O10S. The van der Waals surface area contributed by atoms with Gasteiger partial charge in [0.25, 0.3) is 5.56 Å². The number of pyridine rings is 2. The number of likely N-dealkylation sites (N-methyl/N-ethyl adjacent to an activating group) is 1. The molecule has 6 heterocycles. The molecule has 4 aromatic heterocycles. The lowest BCUT2D eigenvalue weighted by Gasteiger charge is -2.36. The molecule has 22 heteroatoms. The molecule has 83 heavy (non-hydrogen) atoms. The Morgan fingerprint density at radius 3 is 2.13 bits per heavy atom. The number of amides is 4. The molecule has 0 radical (unpaired) electrons. The number of benzene rings is 1. The van der Waals surface area contributed by atoms with Crippen LogP contribution in [-0.4, -0.2) is 166 Å². The van der Waals surface area contributed by atoms with Gasteiger partial charge in [-0.3, -0.25) is 43.1 Å². The Bertz CT molecular complexity index is 3150. The maximum Gasteiger partial charge on any atom is 0.263 e. The fourth-order valence-electron chi connectivity index (χ4n) is 11.9. The molecule has 3 atom stereocenters. The van der Waals surface area contributed by atoms with Crippen molar-refractivity contribution in [3.63, 3.8) is 0 Å². The van der Waals surface area contributed by atoms with Crippen LogP contribution in [0.5, 0.6) is 0 Å². The second-order valence-corrected chi connectivity index (χ2v) is 23.1. The topological polar surface area (TPSA) is 229 Å². The van der Waals surface area contributed by atoms with Gasteiger partial charge in [0.1, 0.15) is 40.1 Å². The third-order valence-electron chi connectivity index (χ3n) is 16.8. The van der Waals surface area contributed by atoms with Gasteiger partial charge in [0.05, 0.1) is 82.4 Å². The molecule has 2 aliphatic carbocycles. The summed E-state index contributed by atoms with van der Waals surface area (Å²) >= 11 is 1.31. The highest BCUT2D eigenvalue weighted by atomic mass is 32.1. The highest BCUT2D eigenvalue weighted by molar-refractivity contribution is 7.10. The van der Waals surface area contributed by atoms with Crippen molar-refractivity contribution in [3.05, 3.63) is 109 Å². The fraction of sp³-hybridized carbons (Fsp3) is 0.557. The number of rotatable bonds is 25. The van der Waals surface area contributed by atoms with Crippen molar-refractivity contribution in [2.24, 2.45) is 5.92 Å². The van der Waals surface area contributed by atoms with Crippen LogP contribution in [0.3, 0.4) is 0 Å². The van der Waals surface area contributed by atoms with E-state index in [1.807, 2.05) is 23.2 Å². The molecule has 0 bridgehead atoms. The molecule has 4 fully saturated rings. The Morgan fingerprint density at radius 1 is 0.783 bits per heavy atom. The Kier molecular flexibility index (Phi) is 20.9. The first-order valence-electron chi connectivity index (χ1n) is 29.4. The van der Waals surface area contributed by atoms with Gasteiger partial charge in [0.15, 0.2) is 5.78 Å². The number of thiazole rings is 1. The molecule has 0 spiro atoms. The first-order chi connectivity index (χ1) is 40.2. The van der Waals surface area contributed by atoms with Crippen LogP contribution >= 0.6 is 11.3 Å². The lowest BCUT2D eigenvalue weighted by molar-refractivity contribution is -0.143. The minimum Gasteiger partial charge on any atom is -0.379 e. The van der Waals surface area contributed by atoms with Gasteiger partial charge < -0.3 is 39.1 Å². The highest BCUT2D eigenvalue weighted by Gasteiger charge is 2.41. The number of piperazine rings is 1. The number of hydrogen-bond acceptors (Lipinski definition) is 16. The molecular weight excluding hydrogens is 1080 g/mol. The van der Waals surface area contributed by atoms with Gasteiger partial charge >= 0.3 is 0 Å². The third-order valence-corrected chi connectivity index (χ3v) is 17.8. The molecule has 4 amide bonds. The van der Waals surface area contributed by atoms with Gasteiger partial charge in [-0.1, -0.05) is 32.1 Å². The lowest BCUT2D eigenvalue weighted by atomic mass is 9.83. The minimum atomic E-state index is -0.846. The zero-order valence-corrected chi connectivity index (χ0v) is 49.0. The normalized spacial score (nSPS) is 17.7. The standard InChI is InChI=1S/C61H77FN10O10S/c1-39-48-37-64-51(66-57(48)72(46-13-8-9-14-46)60(78)54(39)41(3)73)35-45-20-21-47(36-63-45)69-25-27-70(28-26-69)53(75)23-30-81-32-34-82-33-31-80-29-22-52(74)68(4)40(2)58(77)67-55(42-11-6-5-7-12-42)61(79)71-24-10-15-50(71)59-65-49(38-83-59)56(76)43-16-18-44(62)19-17-43/h16-21,36-38,40,42,46,50,55H,5-15,22-35H2,1-4H3,(H,67,77)/t40-,50-,55-/m0/s1. The zero-order chi connectivity index (χ0) is 58.6. The smallest absolute Gasteiger partial charge is 0.263 e. The number of carbonyl (C=O) groups is 6. The van der Waals surface area contributed by atoms with E-state index in [-0.39, 0.29) is 103 Å². The van der Waals surface area contributed by atoms with E-state index in [9.17, 15) is 38.0 Å². The molecule has 9 rings (SSSR count). The van der Waals surface area contributed by atoms with Crippen LogP contribution in [0.2, 0.25) is 0 Å². The second-order valence-electron chi connectivity index (χ2n) is 22.2. The predicted octanol–water partition coefficient (Wildman–Crippen LogP) is 6.98. The van der Waals surface area contributed by atoms with Gasteiger partial charge in [-0.2, -0.15) is 0 Å². The molecule has 0 unspecified atom stereocenters. The second kappa shape index (κ2) is 28.6. The number of likely N-dealkylation sites (tertiary alicyclic amines) is 1. The van der Waals surface area contributed by atoms with Crippen LogP contribution in [0.4, 0.5) is 10.1 Å². The van der Waals surface area contributed by atoms with Crippen molar-refractivity contribution in [2.75, 3.05) is 84.3 Å². The SMILES string of the molecule is CC(=O)c1c(C)c2cnc(Cc3ccc(N4CCN(C(=O)CCOCCOCCOCCC(=O)N(C)[C@@H](C)C(=O)N[C@H](C(=O)N5CCC[C@H]5c5nc(C(=O)c6ccc(F)cc6)cs5)C5CCCCC5)CC4)cn3)nc2n(C2CCCC2)c1=O. The van der Waals surface area contributed by atoms with E-state index in [4.69, 9.17) is 24.2 Å². The van der Waals surface area contributed by atoms with E-state index in [2.05, 4.69) is 20.2 Å². The zero-order valence-electron chi connectivity index (χ0n) is 48.2. The Labute approximate surface area is 487 Å². The van der Waals surface area contributed by atoms with Crippen molar-refractivity contribution in [1.82, 2.24) is 44.5 Å². The van der Waals surface area contributed by atoms with Crippen LogP contribution in [0.25, 0.3) is 11.0 Å². The molecule has 20 nitrogen and oxygen atoms in total. The van der Waals surface area contributed by atoms with Crippen molar-refractivity contribution >= 4 is 63.3 Å². The van der Waals surface area contributed by atoms with Gasteiger partial charge in [-0.15, -0.1) is 11.3 Å². The maximum absolute atomic E-state index is 14.5. The molecule has 444 valence electrons. The van der Waals surface area contributed by atoms with E-state index in [0.29, 0.717) is 91.8 Å². The highest BCUT2D eigenvalue weighted by Crippen LogP contribution is 2.37. The molecule has 2 saturated carbocycles. The average molecular weight is 1160 g/mol.